The minimum absolute atomic E-state index is 0.323. The first-order chi connectivity index (χ1) is 17.7. The Morgan fingerprint density at radius 1 is 0.944 bits per heavy atom. The van der Waals surface area contributed by atoms with Crippen molar-refractivity contribution in [1.82, 2.24) is 29.3 Å². The van der Waals surface area contributed by atoms with Crippen LogP contribution in [-0.4, -0.2) is 35.2 Å². The topological polar surface area (TPSA) is 87.6 Å². The van der Waals surface area contributed by atoms with Crippen molar-refractivity contribution >= 4 is 5.91 Å². The van der Waals surface area contributed by atoms with E-state index in [1.54, 1.807) is 53.0 Å². The van der Waals surface area contributed by atoms with Gasteiger partial charge >= 0.3 is 5.69 Å². The summed E-state index contributed by atoms with van der Waals surface area (Å²) in [6, 6.07) is 24.6. The molecule has 0 spiro atoms. The highest BCUT2D eigenvalue weighted by Crippen LogP contribution is 2.26. The van der Waals surface area contributed by atoms with Crippen molar-refractivity contribution in [2.75, 3.05) is 0 Å². The Balaban J connectivity index is 1.47. The van der Waals surface area contributed by atoms with E-state index in [0.29, 0.717) is 24.2 Å². The van der Waals surface area contributed by atoms with Crippen LogP contribution in [0.1, 0.15) is 28.5 Å². The smallest absolute Gasteiger partial charge is 0.291 e. The Hall–Kier alpha value is -5.03. The molecule has 8 nitrogen and oxygen atoms in total. The number of aromatic nitrogens is 6. The number of carbonyl (C=O) groups excluding carboxylic acids is 1. The number of para-hydroxylation sites is 1. The third-order valence-corrected chi connectivity index (χ3v) is 5.85. The number of nitrogens with zero attached hydrogens (tertiary/aromatic N) is 6. The van der Waals surface area contributed by atoms with Crippen LogP contribution in [0.4, 0.5) is 0 Å². The lowest BCUT2D eigenvalue weighted by molar-refractivity contribution is 0.0955. The quantitative estimate of drug-likeness (QED) is 0.351. The maximum Gasteiger partial charge on any atom is 0.335 e. The van der Waals surface area contributed by atoms with E-state index in [1.807, 2.05) is 54.6 Å². The largest absolute Gasteiger partial charge is 0.335 e. The molecule has 0 unspecified atom stereocenters. The number of imidazole rings is 1. The van der Waals surface area contributed by atoms with Gasteiger partial charge < -0.3 is 0 Å². The van der Waals surface area contributed by atoms with Crippen LogP contribution in [-0.2, 0) is 13.0 Å². The van der Waals surface area contributed by atoms with Gasteiger partial charge in [-0.1, -0.05) is 66.6 Å². The fraction of sp³-hybridized carbons (Fsp3) is 0.107. The molecule has 5 rings (SSSR count). The van der Waals surface area contributed by atoms with Crippen LogP contribution in [0.5, 0.6) is 0 Å². The average molecular weight is 475 g/mol. The van der Waals surface area contributed by atoms with Crippen molar-refractivity contribution in [3.8, 4) is 28.7 Å². The zero-order valence-corrected chi connectivity index (χ0v) is 19.6. The molecule has 176 valence electrons. The van der Waals surface area contributed by atoms with Crippen molar-refractivity contribution in [3.05, 3.63) is 119 Å². The zero-order valence-electron chi connectivity index (χ0n) is 19.6. The van der Waals surface area contributed by atoms with Gasteiger partial charge in [0.05, 0.1) is 24.3 Å². The Morgan fingerprint density at radius 3 is 2.42 bits per heavy atom. The fourth-order valence-corrected chi connectivity index (χ4v) is 4.04. The zero-order chi connectivity index (χ0) is 24.9. The maximum absolute atomic E-state index is 13.3. The molecule has 0 atom stereocenters. The summed E-state index contributed by atoms with van der Waals surface area (Å²) in [5.74, 6) is 5.51. The molecule has 0 aliphatic carbocycles. The predicted octanol–water partition coefficient (Wildman–Crippen LogP) is 3.60. The fourth-order valence-electron chi connectivity index (χ4n) is 4.04. The number of benzene rings is 3. The van der Waals surface area contributed by atoms with Crippen LogP contribution in [0.25, 0.3) is 16.8 Å². The highest BCUT2D eigenvalue weighted by atomic mass is 16.2. The summed E-state index contributed by atoms with van der Waals surface area (Å²) >= 11 is 0. The molecule has 3 aromatic carbocycles. The molecule has 0 bridgehead atoms. The predicted molar refractivity (Wildman–Crippen MR) is 136 cm³/mol. The van der Waals surface area contributed by atoms with Gasteiger partial charge in [0.1, 0.15) is 6.33 Å². The number of carbonyl (C=O) groups is 1. The molecular weight excluding hydrogens is 452 g/mol. The molecule has 0 fully saturated rings. The van der Waals surface area contributed by atoms with Gasteiger partial charge in [-0.05, 0) is 46.7 Å². The van der Waals surface area contributed by atoms with Crippen molar-refractivity contribution in [2.45, 2.75) is 19.9 Å². The minimum atomic E-state index is -0.384. The number of hydrogen-bond donors (Lipinski definition) is 0. The van der Waals surface area contributed by atoms with Crippen LogP contribution in [0, 0.1) is 11.8 Å². The number of hydrogen-bond acceptors (Lipinski definition) is 5. The Labute approximate surface area is 207 Å². The second-order valence-corrected chi connectivity index (χ2v) is 8.10. The summed E-state index contributed by atoms with van der Waals surface area (Å²) < 4.78 is 4.39. The van der Waals surface area contributed by atoms with Gasteiger partial charge in [0.15, 0.2) is 0 Å². The summed E-state index contributed by atoms with van der Waals surface area (Å²) in [4.78, 5) is 26.3. The van der Waals surface area contributed by atoms with E-state index in [9.17, 15) is 9.59 Å². The summed E-state index contributed by atoms with van der Waals surface area (Å²) in [7, 11) is 0. The third kappa shape index (κ3) is 4.50. The molecule has 2 aromatic heterocycles. The van der Waals surface area contributed by atoms with E-state index >= 15 is 0 Å². The lowest BCUT2D eigenvalue weighted by Gasteiger charge is -2.10. The first-order valence-electron chi connectivity index (χ1n) is 11.4. The second-order valence-electron chi connectivity index (χ2n) is 8.10. The van der Waals surface area contributed by atoms with E-state index in [0.717, 1.165) is 22.4 Å². The summed E-state index contributed by atoms with van der Waals surface area (Å²) in [5.41, 5.74) is 4.52. The van der Waals surface area contributed by atoms with Gasteiger partial charge in [-0.2, -0.15) is 4.68 Å². The lowest BCUT2D eigenvalue weighted by atomic mass is 10.0. The van der Waals surface area contributed by atoms with Gasteiger partial charge in [0, 0.05) is 17.3 Å². The van der Waals surface area contributed by atoms with Gasteiger partial charge in [0.25, 0.3) is 5.91 Å². The molecule has 2 heterocycles. The SMILES string of the molecule is CC#CCc1cn(C(=O)c2ccccc2)c(=O)n1Cc1ccc(-c2ccccc2-n2cnnn2)cc1. The van der Waals surface area contributed by atoms with Crippen molar-refractivity contribution in [3.63, 3.8) is 0 Å². The van der Waals surface area contributed by atoms with Crippen molar-refractivity contribution < 1.29 is 4.79 Å². The molecule has 8 heteroatoms. The van der Waals surface area contributed by atoms with Crippen LogP contribution >= 0.6 is 0 Å². The summed E-state index contributed by atoms with van der Waals surface area (Å²) in [6.45, 7) is 2.07. The molecule has 5 aromatic rings. The normalized spacial score (nSPS) is 10.6. The number of rotatable bonds is 6. The lowest BCUT2D eigenvalue weighted by Crippen LogP contribution is -2.30. The minimum Gasteiger partial charge on any atom is -0.291 e. The highest BCUT2D eigenvalue weighted by Gasteiger charge is 2.17. The summed E-state index contributed by atoms with van der Waals surface area (Å²) in [6.07, 6.45) is 3.53. The molecular formula is C28H22N6O2. The van der Waals surface area contributed by atoms with E-state index in [4.69, 9.17) is 0 Å². The van der Waals surface area contributed by atoms with E-state index in [1.165, 1.54) is 4.57 Å². The molecule has 0 amide bonds. The van der Waals surface area contributed by atoms with Crippen LogP contribution in [0.2, 0.25) is 0 Å². The average Bonchev–Trinajstić information content (AvgIpc) is 3.57. The Kier molecular flexibility index (Phi) is 6.36. The maximum atomic E-state index is 13.3. The molecule has 36 heavy (non-hydrogen) atoms. The first-order valence-corrected chi connectivity index (χ1v) is 11.4. The monoisotopic (exact) mass is 474 g/mol. The highest BCUT2D eigenvalue weighted by molar-refractivity contribution is 5.95. The second kappa shape index (κ2) is 10.1. The molecule has 0 saturated heterocycles. The van der Waals surface area contributed by atoms with Gasteiger partial charge in [0.2, 0.25) is 0 Å². The van der Waals surface area contributed by atoms with Gasteiger partial charge in [-0.25, -0.2) is 9.36 Å². The Bertz CT molecular complexity index is 1620. The first kappa shape index (κ1) is 22.7. The molecule has 0 aliphatic heterocycles. The van der Waals surface area contributed by atoms with Gasteiger partial charge in [-0.15, -0.1) is 11.0 Å². The Morgan fingerprint density at radius 2 is 1.69 bits per heavy atom. The van der Waals surface area contributed by atoms with E-state index in [-0.39, 0.29) is 11.6 Å². The van der Waals surface area contributed by atoms with Crippen LogP contribution in [0.3, 0.4) is 0 Å². The summed E-state index contributed by atoms with van der Waals surface area (Å²) in [5, 5.41) is 11.5. The molecule has 0 saturated carbocycles. The van der Waals surface area contributed by atoms with Crippen LogP contribution in [0.15, 0.2) is 96.2 Å². The number of tetrazole rings is 1. The standard InChI is InChI=1S/C28H22N6O2/c1-2-3-11-24-19-33(27(35)23-9-5-4-6-10-23)28(36)32(24)18-21-14-16-22(17-15-21)25-12-7-8-13-26(25)34-20-29-30-31-34/h4-10,12-17,19-20H,11,18H2,1H3. The van der Waals surface area contributed by atoms with Crippen LogP contribution < -0.4 is 5.69 Å². The van der Waals surface area contributed by atoms with Crippen molar-refractivity contribution in [2.24, 2.45) is 0 Å². The molecule has 0 aliphatic rings. The third-order valence-electron chi connectivity index (χ3n) is 5.85. The molecule has 0 radical (unpaired) electrons. The van der Waals surface area contributed by atoms with Crippen molar-refractivity contribution in [1.29, 1.82) is 0 Å². The molecule has 0 N–H and O–H groups in total. The van der Waals surface area contributed by atoms with Gasteiger partial charge in [-0.3, -0.25) is 9.36 Å². The van der Waals surface area contributed by atoms with E-state index in [2.05, 4.69) is 27.4 Å². The van der Waals surface area contributed by atoms with E-state index < -0.39 is 0 Å².